The SMILES string of the molecule is CCC(C)c1ccc(S(=O)(=O)Nc2ncnc(OCCO)c2-c2ccc(OC)cc2)cc1. The second-order valence-electron chi connectivity index (χ2n) is 7.19. The van der Waals surface area contributed by atoms with Crippen molar-refractivity contribution in [2.45, 2.75) is 31.1 Å². The molecule has 0 aliphatic heterocycles. The molecule has 0 aliphatic carbocycles. The number of methoxy groups -OCH3 is 1. The fourth-order valence-electron chi connectivity index (χ4n) is 3.11. The van der Waals surface area contributed by atoms with Gasteiger partial charge in [-0.2, -0.15) is 0 Å². The summed E-state index contributed by atoms with van der Waals surface area (Å²) in [6.07, 6.45) is 2.18. The number of aromatic nitrogens is 2. The average molecular weight is 458 g/mol. The molecule has 9 heteroatoms. The van der Waals surface area contributed by atoms with Gasteiger partial charge in [0.1, 0.15) is 18.7 Å². The van der Waals surface area contributed by atoms with Crippen LogP contribution in [0.4, 0.5) is 5.82 Å². The van der Waals surface area contributed by atoms with Crippen LogP contribution in [0.2, 0.25) is 0 Å². The Hall–Kier alpha value is -3.17. The molecule has 3 aromatic rings. The first-order valence-corrected chi connectivity index (χ1v) is 11.7. The first kappa shape index (κ1) is 23.5. The van der Waals surface area contributed by atoms with Crippen molar-refractivity contribution >= 4 is 15.8 Å². The number of nitrogens with one attached hydrogen (secondary N) is 1. The molecule has 1 unspecified atom stereocenters. The van der Waals surface area contributed by atoms with Crippen molar-refractivity contribution in [1.82, 2.24) is 9.97 Å². The summed E-state index contributed by atoms with van der Waals surface area (Å²) >= 11 is 0. The lowest BCUT2D eigenvalue weighted by Gasteiger charge is -2.16. The predicted octanol–water partition coefficient (Wildman–Crippen LogP) is 3.84. The van der Waals surface area contributed by atoms with E-state index in [1.165, 1.54) is 6.33 Å². The van der Waals surface area contributed by atoms with Crippen LogP contribution in [0.3, 0.4) is 0 Å². The van der Waals surface area contributed by atoms with Crippen LogP contribution >= 0.6 is 0 Å². The Balaban J connectivity index is 2.00. The molecule has 0 radical (unpaired) electrons. The van der Waals surface area contributed by atoms with E-state index >= 15 is 0 Å². The lowest BCUT2D eigenvalue weighted by atomic mass is 9.99. The fourth-order valence-corrected chi connectivity index (χ4v) is 4.14. The van der Waals surface area contributed by atoms with Crippen LogP contribution in [0, 0.1) is 0 Å². The molecule has 0 saturated carbocycles. The summed E-state index contributed by atoms with van der Waals surface area (Å²) in [6.45, 7) is 3.97. The molecule has 2 aromatic carbocycles. The van der Waals surface area contributed by atoms with Gasteiger partial charge in [-0.1, -0.05) is 38.1 Å². The van der Waals surface area contributed by atoms with Gasteiger partial charge in [-0.25, -0.2) is 18.4 Å². The highest BCUT2D eigenvalue weighted by atomic mass is 32.2. The van der Waals surface area contributed by atoms with Gasteiger partial charge in [-0.15, -0.1) is 0 Å². The van der Waals surface area contributed by atoms with Crippen molar-refractivity contribution in [1.29, 1.82) is 0 Å². The Bertz CT molecular complexity index is 1130. The van der Waals surface area contributed by atoms with E-state index in [2.05, 4.69) is 28.5 Å². The summed E-state index contributed by atoms with van der Waals surface area (Å²) in [4.78, 5) is 8.42. The maximum absolute atomic E-state index is 13.1. The van der Waals surface area contributed by atoms with Crippen LogP contribution < -0.4 is 14.2 Å². The quantitative estimate of drug-likeness (QED) is 0.476. The summed E-state index contributed by atoms with van der Waals surface area (Å²) in [5.41, 5.74) is 2.07. The van der Waals surface area contributed by atoms with E-state index in [1.54, 1.807) is 43.5 Å². The fraction of sp³-hybridized carbons (Fsp3) is 0.304. The molecule has 1 heterocycles. The average Bonchev–Trinajstić information content (AvgIpc) is 2.82. The van der Waals surface area contributed by atoms with E-state index < -0.39 is 10.0 Å². The topological polar surface area (TPSA) is 111 Å². The Kier molecular flexibility index (Phi) is 7.66. The first-order chi connectivity index (χ1) is 15.4. The maximum atomic E-state index is 13.1. The van der Waals surface area contributed by atoms with Crippen LogP contribution in [0.1, 0.15) is 31.7 Å². The number of hydrogen-bond donors (Lipinski definition) is 2. The summed E-state index contributed by atoms with van der Waals surface area (Å²) in [6, 6.07) is 13.8. The number of rotatable bonds is 10. The predicted molar refractivity (Wildman–Crippen MR) is 123 cm³/mol. The van der Waals surface area contributed by atoms with Crippen molar-refractivity contribution in [3.05, 3.63) is 60.4 Å². The molecule has 0 aliphatic rings. The van der Waals surface area contributed by atoms with E-state index in [0.717, 1.165) is 12.0 Å². The van der Waals surface area contributed by atoms with Gasteiger partial charge in [0.15, 0.2) is 5.82 Å². The summed E-state index contributed by atoms with van der Waals surface area (Å²) in [7, 11) is -2.35. The van der Waals surface area contributed by atoms with Crippen LogP contribution in [0.25, 0.3) is 11.1 Å². The van der Waals surface area contributed by atoms with Crippen molar-refractivity contribution < 1.29 is 23.0 Å². The largest absolute Gasteiger partial charge is 0.497 e. The lowest BCUT2D eigenvalue weighted by Crippen LogP contribution is -2.16. The normalized spacial score (nSPS) is 12.2. The highest BCUT2D eigenvalue weighted by Gasteiger charge is 2.22. The number of benzene rings is 2. The molecule has 0 amide bonds. The zero-order valence-corrected chi connectivity index (χ0v) is 19.1. The van der Waals surface area contributed by atoms with Crippen LogP contribution in [-0.4, -0.2) is 43.8 Å². The van der Waals surface area contributed by atoms with Crippen LogP contribution in [0.15, 0.2) is 59.8 Å². The molecule has 1 aromatic heterocycles. The van der Waals surface area contributed by atoms with Gasteiger partial charge in [0.05, 0.1) is 24.2 Å². The summed E-state index contributed by atoms with van der Waals surface area (Å²) in [5, 5.41) is 9.14. The van der Waals surface area contributed by atoms with Gasteiger partial charge in [-0.05, 0) is 47.7 Å². The molecular weight excluding hydrogens is 430 g/mol. The monoisotopic (exact) mass is 457 g/mol. The minimum absolute atomic E-state index is 0.00341. The van der Waals surface area contributed by atoms with Crippen molar-refractivity contribution in [2.75, 3.05) is 25.0 Å². The number of aliphatic hydroxyl groups is 1. The summed E-state index contributed by atoms with van der Waals surface area (Å²) < 4.78 is 39.5. The minimum atomic E-state index is -3.91. The third-order valence-corrected chi connectivity index (χ3v) is 6.48. The molecule has 32 heavy (non-hydrogen) atoms. The number of nitrogens with zero attached hydrogens (tertiary/aromatic N) is 2. The molecule has 0 bridgehead atoms. The smallest absolute Gasteiger partial charge is 0.263 e. The number of aliphatic hydroxyl groups excluding tert-OH is 1. The third-order valence-electron chi connectivity index (χ3n) is 5.12. The standard InChI is InChI=1S/C23H27N3O5S/c1-4-16(2)17-7-11-20(12-8-17)32(28,29)26-22-21(18-5-9-19(30-3)10-6-18)23(25-15-24-22)31-14-13-27/h5-12,15-16,27H,4,13-14H2,1-3H3,(H,24,25,26). The number of sulfonamides is 1. The molecular formula is C23H27N3O5S. The number of ether oxygens (including phenoxy) is 2. The molecule has 0 saturated heterocycles. The molecule has 2 N–H and O–H groups in total. The highest BCUT2D eigenvalue weighted by molar-refractivity contribution is 7.92. The number of hydrogen-bond acceptors (Lipinski definition) is 7. The molecule has 3 rings (SSSR count). The van der Waals surface area contributed by atoms with Crippen LogP contribution in [-0.2, 0) is 10.0 Å². The van der Waals surface area contributed by atoms with Crippen molar-refractivity contribution in [3.63, 3.8) is 0 Å². The molecule has 8 nitrogen and oxygen atoms in total. The highest BCUT2D eigenvalue weighted by Crippen LogP contribution is 2.36. The summed E-state index contributed by atoms with van der Waals surface area (Å²) in [5.74, 6) is 1.22. The zero-order valence-electron chi connectivity index (χ0n) is 18.3. The molecule has 0 spiro atoms. The van der Waals surface area contributed by atoms with Gasteiger partial charge in [0.25, 0.3) is 10.0 Å². The minimum Gasteiger partial charge on any atom is -0.497 e. The second kappa shape index (κ2) is 10.4. The van der Waals surface area contributed by atoms with Gasteiger partial charge < -0.3 is 14.6 Å². The van der Waals surface area contributed by atoms with E-state index in [1.807, 2.05) is 12.1 Å². The van der Waals surface area contributed by atoms with E-state index in [0.29, 0.717) is 22.8 Å². The zero-order chi connectivity index (χ0) is 23.1. The van der Waals surface area contributed by atoms with Crippen molar-refractivity contribution in [3.8, 4) is 22.8 Å². The number of anilines is 1. The lowest BCUT2D eigenvalue weighted by molar-refractivity contribution is 0.197. The van der Waals surface area contributed by atoms with Gasteiger partial charge in [0, 0.05) is 0 Å². The van der Waals surface area contributed by atoms with E-state index in [-0.39, 0.29) is 29.8 Å². The van der Waals surface area contributed by atoms with Gasteiger partial charge in [0.2, 0.25) is 5.88 Å². The van der Waals surface area contributed by atoms with Gasteiger partial charge in [-0.3, -0.25) is 4.72 Å². The molecule has 170 valence electrons. The Morgan fingerprint density at radius 1 is 1.06 bits per heavy atom. The molecule has 1 atom stereocenters. The van der Waals surface area contributed by atoms with Crippen LogP contribution in [0.5, 0.6) is 11.6 Å². The maximum Gasteiger partial charge on any atom is 0.263 e. The van der Waals surface area contributed by atoms with E-state index in [4.69, 9.17) is 14.6 Å². The van der Waals surface area contributed by atoms with Gasteiger partial charge >= 0.3 is 0 Å². The molecule has 0 fully saturated rings. The second-order valence-corrected chi connectivity index (χ2v) is 8.87. The first-order valence-electron chi connectivity index (χ1n) is 10.3. The Morgan fingerprint density at radius 3 is 2.34 bits per heavy atom. The van der Waals surface area contributed by atoms with Crippen molar-refractivity contribution in [2.24, 2.45) is 0 Å². The third kappa shape index (κ3) is 5.35. The Labute approximate surface area is 188 Å². The Morgan fingerprint density at radius 2 is 1.75 bits per heavy atom. The van der Waals surface area contributed by atoms with E-state index in [9.17, 15) is 8.42 Å².